The second-order valence-corrected chi connectivity index (χ2v) is 9.33. The Balaban J connectivity index is 1.93. The van der Waals surface area contributed by atoms with Crippen LogP contribution >= 0.6 is 0 Å². The summed E-state index contributed by atoms with van der Waals surface area (Å²) in [7, 11) is 0. The van der Waals surface area contributed by atoms with E-state index in [4.69, 9.17) is 0 Å². The van der Waals surface area contributed by atoms with Crippen LogP contribution < -0.4 is 20.9 Å². The topological polar surface area (TPSA) is 128 Å². The third-order valence-electron chi connectivity index (χ3n) is 5.95. The van der Waals surface area contributed by atoms with Gasteiger partial charge in [-0.25, -0.2) is 9.59 Å². The van der Waals surface area contributed by atoms with E-state index in [1.54, 1.807) is 38.1 Å². The Kier molecular flexibility index (Phi) is 8.11. The van der Waals surface area contributed by atoms with Gasteiger partial charge >= 0.3 is 12.0 Å². The van der Waals surface area contributed by atoms with E-state index in [9.17, 15) is 24.3 Å². The molecule has 2 aromatic rings. The number of nitrogens with one attached hydrogen (secondary N) is 3. The van der Waals surface area contributed by atoms with Crippen LogP contribution in [-0.2, 0) is 20.8 Å². The Morgan fingerprint density at radius 1 is 0.971 bits per heavy atom. The van der Waals surface area contributed by atoms with Crippen LogP contribution in [0, 0.1) is 11.8 Å². The smallest absolute Gasteiger partial charge is 0.326 e. The lowest BCUT2D eigenvalue weighted by molar-refractivity contribution is -0.143. The summed E-state index contributed by atoms with van der Waals surface area (Å²) in [6.07, 6.45) is 0.150. The number of fused-ring (bicyclic) bond motifs is 1. The zero-order chi connectivity index (χ0) is 25.7. The van der Waals surface area contributed by atoms with Crippen molar-refractivity contribution in [2.24, 2.45) is 11.8 Å². The van der Waals surface area contributed by atoms with Crippen LogP contribution in [0.1, 0.15) is 33.3 Å². The van der Waals surface area contributed by atoms with Crippen LogP contribution in [0.25, 0.3) is 0 Å². The van der Waals surface area contributed by atoms with Crippen molar-refractivity contribution in [3.63, 3.8) is 0 Å². The van der Waals surface area contributed by atoms with E-state index in [1.807, 2.05) is 44.2 Å². The number of anilines is 2. The summed E-state index contributed by atoms with van der Waals surface area (Å²) in [6, 6.07) is 12.5. The number of rotatable bonds is 8. The fraction of sp³-hybridized carbons (Fsp3) is 0.385. The third-order valence-corrected chi connectivity index (χ3v) is 5.95. The number of carbonyl (C=O) groups is 4. The molecule has 0 spiro atoms. The van der Waals surface area contributed by atoms with Crippen molar-refractivity contribution in [2.75, 3.05) is 10.2 Å². The van der Waals surface area contributed by atoms with Gasteiger partial charge in [0.2, 0.25) is 11.8 Å². The molecule has 0 saturated heterocycles. The number of amides is 4. The van der Waals surface area contributed by atoms with Crippen LogP contribution in [0.3, 0.4) is 0 Å². The van der Waals surface area contributed by atoms with Crippen molar-refractivity contribution >= 4 is 35.2 Å². The van der Waals surface area contributed by atoms with E-state index in [0.717, 1.165) is 5.56 Å². The van der Waals surface area contributed by atoms with Crippen LogP contribution in [0.4, 0.5) is 16.2 Å². The number of para-hydroxylation sites is 2. The van der Waals surface area contributed by atoms with Gasteiger partial charge in [-0.1, -0.05) is 70.2 Å². The number of benzene rings is 2. The molecular weight excluding hydrogens is 448 g/mol. The van der Waals surface area contributed by atoms with E-state index >= 15 is 0 Å². The minimum atomic E-state index is -1.15. The number of aliphatic carboxylic acids is 1. The first-order valence-electron chi connectivity index (χ1n) is 11.7. The minimum Gasteiger partial charge on any atom is -0.480 e. The Bertz CT molecular complexity index is 1090. The molecule has 4 amide bonds. The molecule has 1 heterocycles. The second kappa shape index (κ2) is 11.0. The summed E-state index contributed by atoms with van der Waals surface area (Å²) >= 11 is 0. The molecule has 35 heavy (non-hydrogen) atoms. The molecule has 1 aliphatic rings. The predicted octanol–water partition coefficient (Wildman–Crippen LogP) is 3.02. The number of hydrogen-bond acceptors (Lipinski definition) is 4. The van der Waals surface area contributed by atoms with Crippen molar-refractivity contribution in [3.8, 4) is 0 Å². The van der Waals surface area contributed by atoms with Gasteiger partial charge < -0.3 is 21.1 Å². The molecule has 186 valence electrons. The normalized spacial score (nSPS) is 16.8. The van der Waals surface area contributed by atoms with Gasteiger partial charge in [-0.15, -0.1) is 0 Å². The molecular formula is C26H32N4O5. The summed E-state index contributed by atoms with van der Waals surface area (Å²) in [5.74, 6) is -2.64. The molecule has 0 aromatic heterocycles. The van der Waals surface area contributed by atoms with Gasteiger partial charge in [0, 0.05) is 6.42 Å². The van der Waals surface area contributed by atoms with Crippen LogP contribution in [0.15, 0.2) is 54.6 Å². The molecule has 0 radical (unpaired) electrons. The Hall–Kier alpha value is -3.88. The standard InChI is InChI=1S/C26H32N4O5/c1-15(2)21(25(33)34)29-23(31)19(14-17-10-6-5-7-11-17)28-26(35)30-20-13-9-8-12-18(20)27-24(32)22(30)16(3)4/h5-13,15-16,19,21-22H,14H2,1-4H3,(H,27,32)(H,28,35)(H,29,31)(H,33,34)/t19-,21-,22+/m0/s1. The summed E-state index contributed by atoms with van der Waals surface area (Å²) in [5.41, 5.74) is 1.81. The first-order chi connectivity index (χ1) is 16.6. The molecule has 0 unspecified atom stereocenters. The summed E-state index contributed by atoms with van der Waals surface area (Å²) < 4.78 is 0. The maximum Gasteiger partial charge on any atom is 0.326 e. The molecule has 3 atom stereocenters. The maximum atomic E-state index is 13.6. The molecule has 0 aliphatic carbocycles. The monoisotopic (exact) mass is 480 g/mol. The average Bonchev–Trinajstić information content (AvgIpc) is 2.80. The Labute approximate surface area is 204 Å². The van der Waals surface area contributed by atoms with E-state index < -0.39 is 36.0 Å². The highest BCUT2D eigenvalue weighted by Gasteiger charge is 2.40. The molecule has 9 heteroatoms. The van der Waals surface area contributed by atoms with Crippen molar-refractivity contribution in [2.45, 2.75) is 52.2 Å². The lowest BCUT2D eigenvalue weighted by Crippen LogP contribution is -2.60. The molecule has 0 fully saturated rings. The molecule has 3 rings (SSSR count). The maximum absolute atomic E-state index is 13.6. The molecule has 0 bridgehead atoms. The zero-order valence-electron chi connectivity index (χ0n) is 20.3. The first-order valence-corrected chi connectivity index (χ1v) is 11.7. The van der Waals surface area contributed by atoms with Gasteiger partial charge in [-0.05, 0) is 29.5 Å². The second-order valence-electron chi connectivity index (χ2n) is 9.33. The van der Waals surface area contributed by atoms with E-state index in [0.29, 0.717) is 11.4 Å². The largest absolute Gasteiger partial charge is 0.480 e. The molecule has 9 nitrogen and oxygen atoms in total. The molecule has 2 aromatic carbocycles. The van der Waals surface area contributed by atoms with Gasteiger partial charge in [0.25, 0.3) is 0 Å². The lowest BCUT2D eigenvalue weighted by Gasteiger charge is -2.39. The van der Waals surface area contributed by atoms with Gasteiger partial charge in [-0.3, -0.25) is 14.5 Å². The Morgan fingerprint density at radius 2 is 1.60 bits per heavy atom. The minimum absolute atomic E-state index is 0.150. The summed E-state index contributed by atoms with van der Waals surface area (Å²) in [4.78, 5) is 52.7. The first kappa shape index (κ1) is 25.7. The van der Waals surface area contributed by atoms with Crippen molar-refractivity contribution in [3.05, 3.63) is 60.2 Å². The van der Waals surface area contributed by atoms with Crippen LogP contribution in [-0.4, -0.2) is 47.0 Å². The van der Waals surface area contributed by atoms with Crippen molar-refractivity contribution < 1.29 is 24.3 Å². The van der Waals surface area contributed by atoms with Crippen molar-refractivity contribution in [1.82, 2.24) is 10.6 Å². The van der Waals surface area contributed by atoms with E-state index in [2.05, 4.69) is 16.0 Å². The predicted molar refractivity (Wildman–Crippen MR) is 133 cm³/mol. The highest BCUT2D eigenvalue weighted by Crippen LogP contribution is 2.34. The molecule has 4 N–H and O–H groups in total. The number of carboxylic acids is 1. The van der Waals surface area contributed by atoms with Gasteiger partial charge in [0.05, 0.1) is 11.4 Å². The Morgan fingerprint density at radius 3 is 2.20 bits per heavy atom. The summed E-state index contributed by atoms with van der Waals surface area (Å²) in [6.45, 7) is 7.07. The number of carboxylic acid groups (broad SMARTS) is 1. The van der Waals surface area contributed by atoms with Crippen LogP contribution in [0.2, 0.25) is 0 Å². The zero-order valence-corrected chi connectivity index (χ0v) is 20.3. The van der Waals surface area contributed by atoms with Crippen LogP contribution in [0.5, 0.6) is 0 Å². The number of nitrogens with zero attached hydrogens (tertiary/aromatic N) is 1. The van der Waals surface area contributed by atoms with Gasteiger partial charge in [0.15, 0.2) is 0 Å². The van der Waals surface area contributed by atoms with Gasteiger partial charge in [0.1, 0.15) is 18.1 Å². The van der Waals surface area contributed by atoms with E-state index in [-0.39, 0.29) is 24.2 Å². The average molecular weight is 481 g/mol. The van der Waals surface area contributed by atoms with Crippen molar-refractivity contribution in [1.29, 1.82) is 0 Å². The number of carbonyl (C=O) groups excluding carboxylic acids is 3. The third kappa shape index (κ3) is 5.98. The van der Waals surface area contributed by atoms with Gasteiger partial charge in [-0.2, -0.15) is 0 Å². The van der Waals surface area contributed by atoms with E-state index in [1.165, 1.54) is 4.90 Å². The highest BCUT2D eigenvalue weighted by molar-refractivity contribution is 6.12. The molecule has 0 saturated carbocycles. The quantitative estimate of drug-likeness (QED) is 0.462. The highest BCUT2D eigenvalue weighted by atomic mass is 16.4. The fourth-order valence-corrected chi connectivity index (χ4v) is 4.14. The summed E-state index contributed by atoms with van der Waals surface area (Å²) in [5, 5.41) is 17.7. The lowest BCUT2D eigenvalue weighted by atomic mass is 9.97. The molecule has 1 aliphatic heterocycles. The number of hydrogen-bond donors (Lipinski definition) is 4. The SMILES string of the molecule is CC(C)[C@H](NC(=O)[C@H](Cc1ccccc1)NC(=O)N1c2ccccc2NC(=O)[C@H]1C(C)C)C(=O)O. The fourth-order valence-electron chi connectivity index (χ4n) is 4.14. The number of urea groups is 1.